The zero-order valence-corrected chi connectivity index (χ0v) is 14.5. The first kappa shape index (κ1) is 17.2. The number of hydrogen-bond donors (Lipinski definition) is 2. The molecule has 2 aromatic carbocycles. The monoisotopic (exact) mass is 376 g/mol. The lowest BCUT2D eigenvalue weighted by atomic mass is 10.2. The van der Waals surface area contributed by atoms with E-state index in [1.165, 1.54) is 28.6 Å². The molecule has 0 bridgehead atoms. The Morgan fingerprint density at radius 1 is 1.20 bits per heavy atom. The van der Waals surface area contributed by atoms with Crippen LogP contribution in [0.3, 0.4) is 0 Å². The summed E-state index contributed by atoms with van der Waals surface area (Å²) < 4.78 is 14.2. The lowest BCUT2D eigenvalue weighted by Crippen LogP contribution is -2.13. The van der Waals surface area contributed by atoms with Gasteiger partial charge in [-0.05, 0) is 23.8 Å². The minimum atomic E-state index is -0.265. The van der Waals surface area contributed by atoms with Crippen LogP contribution in [0.25, 0.3) is 0 Å². The summed E-state index contributed by atoms with van der Waals surface area (Å²) in [7, 11) is 0. The van der Waals surface area contributed by atoms with Gasteiger partial charge in [-0.1, -0.05) is 53.7 Å². The first-order valence-electron chi connectivity index (χ1n) is 7.25. The summed E-state index contributed by atoms with van der Waals surface area (Å²) in [5.41, 5.74) is 4.45. The van der Waals surface area contributed by atoms with E-state index in [-0.39, 0.29) is 5.82 Å². The van der Waals surface area contributed by atoms with Crippen molar-refractivity contribution >= 4 is 35.5 Å². The second kappa shape index (κ2) is 8.00. The summed E-state index contributed by atoms with van der Waals surface area (Å²) in [6.45, 7) is 0. The second-order valence-electron chi connectivity index (χ2n) is 4.98. The maximum atomic E-state index is 12.9. The molecule has 0 fully saturated rings. The zero-order valence-electron chi connectivity index (χ0n) is 12.9. The minimum absolute atomic E-state index is 0.265. The first-order valence-corrected chi connectivity index (χ1v) is 8.61. The van der Waals surface area contributed by atoms with Crippen LogP contribution < -0.4 is 11.3 Å². The molecular formula is C16H14ClFN6S. The van der Waals surface area contributed by atoms with E-state index >= 15 is 0 Å². The number of anilines is 1. The Bertz CT molecular complexity index is 881. The zero-order chi connectivity index (χ0) is 17.6. The van der Waals surface area contributed by atoms with Gasteiger partial charge in [-0.15, -0.1) is 10.2 Å². The van der Waals surface area contributed by atoms with E-state index in [1.54, 1.807) is 24.4 Å². The van der Waals surface area contributed by atoms with Crippen molar-refractivity contribution in [2.75, 3.05) is 11.3 Å². The molecule has 6 nitrogen and oxygen atoms in total. The normalized spacial score (nSPS) is 11.1. The Hall–Kier alpha value is -2.58. The SMILES string of the molecule is Nn1c(N/N=C/c2ccccc2Cl)nnc1SCc1ccc(F)cc1. The van der Waals surface area contributed by atoms with Crippen molar-refractivity contribution in [3.05, 3.63) is 70.5 Å². The molecule has 1 heterocycles. The third-order valence-electron chi connectivity index (χ3n) is 3.22. The average molecular weight is 377 g/mol. The molecule has 3 N–H and O–H groups in total. The third-order valence-corrected chi connectivity index (χ3v) is 4.58. The van der Waals surface area contributed by atoms with Crippen molar-refractivity contribution in [3.8, 4) is 0 Å². The molecule has 0 saturated carbocycles. The highest BCUT2D eigenvalue weighted by Crippen LogP contribution is 2.21. The number of thioether (sulfide) groups is 1. The number of aromatic nitrogens is 3. The third kappa shape index (κ3) is 4.49. The van der Waals surface area contributed by atoms with Gasteiger partial charge < -0.3 is 5.84 Å². The van der Waals surface area contributed by atoms with Crippen LogP contribution in [-0.2, 0) is 5.75 Å². The van der Waals surface area contributed by atoms with E-state index in [1.807, 2.05) is 18.2 Å². The van der Waals surface area contributed by atoms with E-state index in [0.29, 0.717) is 21.9 Å². The molecule has 0 aliphatic carbocycles. The molecule has 0 saturated heterocycles. The fourth-order valence-electron chi connectivity index (χ4n) is 1.92. The largest absolute Gasteiger partial charge is 0.334 e. The molecule has 0 radical (unpaired) electrons. The number of halogens is 2. The lowest BCUT2D eigenvalue weighted by Gasteiger charge is -2.03. The smallest absolute Gasteiger partial charge is 0.264 e. The lowest BCUT2D eigenvalue weighted by molar-refractivity contribution is 0.627. The van der Waals surface area contributed by atoms with E-state index in [2.05, 4.69) is 20.7 Å². The van der Waals surface area contributed by atoms with E-state index in [4.69, 9.17) is 17.4 Å². The molecule has 1 aromatic heterocycles. The Balaban J connectivity index is 1.61. The Morgan fingerprint density at radius 3 is 2.72 bits per heavy atom. The van der Waals surface area contributed by atoms with Gasteiger partial charge in [-0.3, -0.25) is 0 Å². The summed E-state index contributed by atoms with van der Waals surface area (Å²) in [4.78, 5) is 0. The quantitative estimate of drug-likeness (QED) is 0.298. The van der Waals surface area contributed by atoms with Crippen LogP contribution in [0, 0.1) is 5.82 Å². The molecule has 0 aliphatic rings. The van der Waals surface area contributed by atoms with Crippen LogP contribution >= 0.6 is 23.4 Å². The van der Waals surface area contributed by atoms with Gasteiger partial charge in [0.2, 0.25) is 5.16 Å². The average Bonchev–Trinajstić information content (AvgIpc) is 2.96. The highest BCUT2D eigenvalue weighted by molar-refractivity contribution is 7.98. The first-order chi connectivity index (χ1) is 12.1. The summed E-state index contributed by atoms with van der Waals surface area (Å²) in [6, 6.07) is 13.6. The van der Waals surface area contributed by atoms with E-state index in [9.17, 15) is 4.39 Å². The van der Waals surface area contributed by atoms with E-state index < -0.39 is 0 Å². The molecule has 25 heavy (non-hydrogen) atoms. The molecule has 3 rings (SSSR count). The van der Waals surface area contributed by atoms with Crippen LogP contribution in [0.2, 0.25) is 5.02 Å². The summed E-state index contributed by atoms with van der Waals surface area (Å²) in [6.07, 6.45) is 1.57. The maximum absolute atomic E-state index is 12.9. The van der Waals surface area contributed by atoms with Gasteiger partial charge in [0.25, 0.3) is 5.95 Å². The number of hydrazone groups is 1. The van der Waals surface area contributed by atoms with Crippen molar-refractivity contribution < 1.29 is 4.39 Å². The summed E-state index contributed by atoms with van der Waals surface area (Å²) in [5, 5.41) is 13.1. The molecule has 0 atom stereocenters. The second-order valence-corrected chi connectivity index (χ2v) is 6.33. The van der Waals surface area contributed by atoms with Gasteiger partial charge >= 0.3 is 0 Å². The number of rotatable bonds is 6. The predicted octanol–water partition coefficient (Wildman–Crippen LogP) is 3.52. The Kier molecular flexibility index (Phi) is 5.52. The maximum Gasteiger partial charge on any atom is 0.264 e. The Labute approximate surface area is 152 Å². The number of nitrogens with two attached hydrogens (primary N) is 1. The number of nitrogens with zero attached hydrogens (tertiary/aromatic N) is 4. The number of nitrogens with one attached hydrogen (secondary N) is 1. The minimum Gasteiger partial charge on any atom is -0.334 e. The van der Waals surface area contributed by atoms with Crippen LogP contribution in [0.4, 0.5) is 10.3 Å². The van der Waals surface area contributed by atoms with Crippen molar-refractivity contribution in [1.82, 2.24) is 14.9 Å². The fraction of sp³-hybridized carbons (Fsp3) is 0.0625. The van der Waals surface area contributed by atoms with Crippen molar-refractivity contribution in [1.29, 1.82) is 0 Å². The molecule has 0 aliphatic heterocycles. The highest BCUT2D eigenvalue weighted by Gasteiger charge is 2.09. The van der Waals surface area contributed by atoms with E-state index in [0.717, 1.165) is 11.1 Å². The van der Waals surface area contributed by atoms with Crippen LogP contribution in [0.1, 0.15) is 11.1 Å². The van der Waals surface area contributed by atoms with Gasteiger partial charge in [-0.2, -0.15) is 5.10 Å². The predicted molar refractivity (Wildman–Crippen MR) is 98.8 cm³/mol. The van der Waals surface area contributed by atoms with Gasteiger partial charge in [0.1, 0.15) is 5.82 Å². The molecular weight excluding hydrogens is 363 g/mol. The fourth-order valence-corrected chi connectivity index (χ4v) is 2.92. The van der Waals surface area contributed by atoms with Crippen LogP contribution in [0.15, 0.2) is 58.8 Å². The van der Waals surface area contributed by atoms with Crippen molar-refractivity contribution in [2.24, 2.45) is 5.10 Å². The molecule has 3 aromatic rings. The van der Waals surface area contributed by atoms with Gasteiger partial charge in [-0.25, -0.2) is 14.5 Å². The molecule has 0 amide bonds. The molecule has 9 heteroatoms. The Morgan fingerprint density at radius 2 is 1.96 bits per heavy atom. The summed E-state index contributed by atoms with van der Waals surface area (Å²) in [5.74, 6) is 6.58. The standard InChI is InChI=1S/C16H14ClFN6S/c17-14-4-2-1-3-12(14)9-20-21-15-22-23-16(24(15)19)25-10-11-5-7-13(18)8-6-11/h1-9H,10,19H2,(H,21,22)/b20-9+. The molecule has 128 valence electrons. The number of benzene rings is 2. The van der Waals surface area contributed by atoms with Gasteiger partial charge in [0.05, 0.1) is 6.21 Å². The topological polar surface area (TPSA) is 81.1 Å². The molecule has 0 spiro atoms. The van der Waals surface area contributed by atoms with Crippen LogP contribution in [-0.4, -0.2) is 21.1 Å². The summed E-state index contributed by atoms with van der Waals surface area (Å²) >= 11 is 7.43. The van der Waals surface area contributed by atoms with Gasteiger partial charge in [0.15, 0.2) is 0 Å². The number of nitrogen functional groups attached to an aromatic ring is 1. The van der Waals surface area contributed by atoms with Crippen molar-refractivity contribution in [2.45, 2.75) is 10.9 Å². The van der Waals surface area contributed by atoms with Crippen molar-refractivity contribution in [3.63, 3.8) is 0 Å². The number of hydrogen-bond acceptors (Lipinski definition) is 6. The highest BCUT2D eigenvalue weighted by atomic mass is 35.5. The van der Waals surface area contributed by atoms with Crippen LogP contribution in [0.5, 0.6) is 0 Å². The molecule has 0 unspecified atom stereocenters. The van der Waals surface area contributed by atoms with Gasteiger partial charge in [0, 0.05) is 16.3 Å².